The quantitative estimate of drug-likeness (QED) is 0.0350. The molecule has 0 aliphatic rings. The Morgan fingerprint density at radius 2 is 0.537 bits per heavy atom. The molecule has 0 aliphatic heterocycles. The van der Waals surface area contributed by atoms with E-state index in [1.165, 1.54) is 135 Å². The van der Waals surface area contributed by atoms with Crippen molar-refractivity contribution in [1.82, 2.24) is 0 Å². The van der Waals surface area contributed by atoms with Crippen LogP contribution in [-0.4, -0.2) is 37.2 Å². The van der Waals surface area contributed by atoms with Crippen LogP contribution < -0.4 is 0 Å². The zero-order valence-corrected chi connectivity index (χ0v) is 37.0. The maximum absolute atomic E-state index is 12.7. The van der Waals surface area contributed by atoms with E-state index in [1.54, 1.807) is 0 Å². The lowest BCUT2D eigenvalue weighted by atomic mass is 10.0. The molecule has 6 nitrogen and oxygen atoms in total. The number of rotatable bonds is 41. The highest BCUT2D eigenvalue weighted by molar-refractivity contribution is 5.71. The van der Waals surface area contributed by atoms with E-state index in [4.69, 9.17) is 14.2 Å². The standard InChI is InChI=1S/C48H92O6/c1-42(2)34-28-22-16-11-7-9-13-19-25-31-37-46(49)52-40-45(41-53-47(50)38-32-26-21-15-18-24-30-36-44(5)6)54-48(51)39-33-27-20-14-10-8-12-17-23-29-35-43(3)4/h42-45H,7-41H2,1-6H3/t45-/m1/s1. The van der Waals surface area contributed by atoms with E-state index >= 15 is 0 Å². The summed E-state index contributed by atoms with van der Waals surface area (Å²) in [6.07, 6.45) is 36.7. The molecule has 0 aliphatic carbocycles. The predicted octanol–water partition coefficient (Wildman–Crippen LogP) is 14.8. The van der Waals surface area contributed by atoms with Gasteiger partial charge in [0.1, 0.15) is 13.2 Å². The molecule has 0 aromatic heterocycles. The molecule has 0 heterocycles. The van der Waals surface area contributed by atoms with E-state index in [-0.39, 0.29) is 31.1 Å². The number of carbonyl (C=O) groups is 3. The second kappa shape index (κ2) is 39.6. The SMILES string of the molecule is CC(C)CCCCCCCCCCCCC(=O)OC[C@H](COC(=O)CCCCCCCCCC(C)C)OC(=O)CCCCCCCCCCCCC(C)C. The fraction of sp³-hybridized carbons (Fsp3) is 0.938. The summed E-state index contributed by atoms with van der Waals surface area (Å²) in [7, 11) is 0. The van der Waals surface area contributed by atoms with Crippen molar-refractivity contribution in [2.75, 3.05) is 13.2 Å². The largest absolute Gasteiger partial charge is 0.462 e. The maximum Gasteiger partial charge on any atom is 0.306 e. The molecule has 1 atom stereocenters. The zero-order chi connectivity index (χ0) is 39.9. The number of hydrogen-bond donors (Lipinski definition) is 0. The highest BCUT2D eigenvalue weighted by Crippen LogP contribution is 2.17. The fourth-order valence-electron chi connectivity index (χ4n) is 7.06. The average molecular weight is 765 g/mol. The van der Waals surface area contributed by atoms with Crippen LogP contribution in [0.2, 0.25) is 0 Å². The smallest absolute Gasteiger partial charge is 0.306 e. The molecule has 0 radical (unpaired) electrons. The van der Waals surface area contributed by atoms with Gasteiger partial charge in [0, 0.05) is 19.3 Å². The second-order valence-electron chi connectivity index (χ2n) is 17.8. The molecule has 0 fully saturated rings. The maximum atomic E-state index is 12.7. The highest BCUT2D eigenvalue weighted by Gasteiger charge is 2.19. The lowest BCUT2D eigenvalue weighted by Gasteiger charge is -2.18. The Labute approximate surface area is 336 Å². The van der Waals surface area contributed by atoms with Gasteiger partial charge in [0.2, 0.25) is 0 Å². The van der Waals surface area contributed by atoms with Gasteiger partial charge in [-0.15, -0.1) is 0 Å². The average Bonchev–Trinajstić information content (AvgIpc) is 3.12. The molecular weight excluding hydrogens is 673 g/mol. The van der Waals surface area contributed by atoms with Crippen molar-refractivity contribution in [2.45, 2.75) is 260 Å². The van der Waals surface area contributed by atoms with Gasteiger partial charge in [0.15, 0.2) is 6.10 Å². The Bertz CT molecular complexity index is 837. The van der Waals surface area contributed by atoms with Gasteiger partial charge in [0.25, 0.3) is 0 Å². The molecular formula is C48H92O6. The summed E-state index contributed by atoms with van der Waals surface area (Å²) in [5.41, 5.74) is 0. The molecule has 0 amide bonds. The summed E-state index contributed by atoms with van der Waals surface area (Å²) in [4.78, 5) is 37.7. The van der Waals surface area contributed by atoms with Crippen LogP contribution in [0.4, 0.5) is 0 Å². The van der Waals surface area contributed by atoms with E-state index in [1.807, 2.05) is 0 Å². The minimum Gasteiger partial charge on any atom is -0.462 e. The van der Waals surface area contributed by atoms with Crippen LogP contribution >= 0.6 is 0 Å². The van der Waals surface area contributed by atoms with Gasteiger partial charge < -0.3 is 14.2 Å². The first kappa shape index (κ1) is 52.4. The lowest BCUT2D eigenvalue weighted by molar-refractivity contribution is -0.167. The summed E-state index contributed by atoms with van der Waals surface area (Å²) < 4.78 is 16.7. The first-order valence-electron chi connectivity index (χ1n) is 23.6. The zero-order valence-electron chi connectivity index (χ0n) is 37.0. The first-order chi connectivity index (χ1) is 26.1. The summed E-state index contributed by atoms with van der Waals surface area (Å²) in [5, 5.41) is 0. The topological polar surface area (TPSA) is 78.9 Å². The minimum atomic E-state index is -0.762. The van der Waals surface area contributed by atoms with Gasteiger partial charge in [0.05, 0.1) is 0 Å². The lowest BCUT2D eigenvalue weighted by Crippen LogP contribution is -2.30. The van der Waals surface area contributed by atoms with Crippen molar-refractivity contribution in [1.29, 1.82) is 0 Å². The molecule has 0 rings (SSSR count). The van der Waals surface area contributed by atoms with E-state index < -0.39 is 6.10 Å². The molecule has 0 N–H and O–H groups in total. The van der Waals surface area contributed by atoms with Crippen LogP contribution in [0.15, 0.2) is 0 Å². The van der Waals surface area contributed by atoms with E-state index in [2.05, 4.69) is 41.5 Å². The van der Waals surface area contributed by atoms with Crippen molar-refractivity contribution in [3.05, 3.63) is 0 Å². The van der Waals surface area contributed by atoms with E-state index in [0.717, 1.165) is 75.5 Å². The predicted molar refractivity (Wildman–Crippen MR) is 229 cm³/mol. The molecule has 320 valence electrons. The Morgan fingerprint density at radius 3 is 0.796 bits per heavy atom. The molecule has 0 spiro atoms. The Hall–Kier alpha value is -1.59. The number of hydrogen-bond acceptors (Lipinski definition) is 6. The Kier molecular flexibility index (Phi) is 38.5. The third kappa shape index (κ3) is 41.6. The van der Waals surface area contributed by atoms with Crippen LogP contribution in [-0.2, 0) is 28.6 Å². The highest BCUT2D eigenvalue weighted by atomic mass is 16.6. The number of ether oxygens (including phenoxy) is 3. The fourth-order valence-corrected chi connectivity index (χ4v) is 7.06. The van der Waals surface area contributed by atoms with Gasteiger partial charge in [-0.1, -0.05) is 215 Å². The van der Waals surface area contributed by atoms with Gasteiger partial charge in [-0.2, -0.15) is 0 Å². The summed E-state index contributed by atoms with van der Waals surface area (Å²) in [6.45, 7) is 13.6. The van der Waals surface area contributed by atoms with Crippen LogP contribution in [0, 0.1) is 17.8 Å². The molecule has 0 saturated carbocycles. The van der Waals surface area contributed by atoms with Crippen molar-refractivity contribution < 1.29 is 28.6 Å². The first-order valence-corrected chi connectivity index (χ1v) is 23.6. The number of carbonyl (C=O) groups excluding carboxylic acids is 3. The minimum absolute atomic E-state index is 0.0662. The third-order valence-electron chi connectivity index (χ3n) is 10.6. The Morgan fingerprint density at radius 1 is 0.315 bits per heavy atom. The number of unbranched alkanes of at least 4 members (excludes halogenated alkanes) is 24. The van der Waals surface area contributed by atoms with Crippen molar-refractivity contribution in [3.63, 3.8) is 0 Å². The van der Waals surface area contributed by atoms with Crippen LogP contribution in [0.5, 0.6) is 0 Å². The summed E-state index contributed by atoms with van der Waals surface area (Å²) in [5.74, 6) is 1.55. The number of esters is 3. The van der Waals surface area contributed by atoms with Crippen LogP contribution in [0.3, 0.4) is 0 Å². The van der Waals surface area contributed by atoms with Crippen LogP contribution in [0.1, 0.15) is 253 Å². The van der Waals surface area contributed by atoms with Gasteiger partial charge in [-0.25, -0.2) is 0 Å². The van der Waals surface area contributed by atoms with E-state index in [9.17, 15) is 14.4 Å². The van der Waals surface area contributed by atoms with Gasteiger partial charge >= 0.3 is 17.9 Å². The molecule has 0 aromatic carbocycles. The van der Waals surface area contributed by atoms with Crippen LogP contribution in [0.25, 0.3) is 0 Å². The Balaban J connectivity index is 4.34. The van der Waals surface area contributed by atoms with Crippen molar-refractivity contribution >= 4 is 17.9 Å². The van der Waals surface area contributed by atoms with E-state index in [0.29, 0.717) is 19.3 Å². The van der Waals surface area contributed by atoms with Gasteiger partial charge in [-0.3, -0.25) is 14.4 Å². The summed E-state index contributed by atoms with van der Waals surface area (Å²) >= 11 is 0. The third-order valence-corrected chi connectivity index (χ3v) is 10.6. The normalized spacial score (nSPS) is 12.2. The molecule has 0 aromatic rings. The molecule has 0 bridgehead atoms. The monoisotopic (exact) mass is 765 g/mol. The second-order valence-corrected chi connectivity index (χ2v) is 17.8. The molecule has 0 unspecified atom stereocenters. The van der Waals surface area contributed by atoms with Crippen molar-refractivity contribution in [2.24, 2.45) is 17.8 Å². The molecule has 54 heavy (non-hydrogen) atoms. The van der Waals surface area contributed by atoms with Gasteiger partial charge in [-0.05, 0) is 37.0 Å². The molecule has 0 saturated heterocycles. The summed E-state index contributed by atoms with van der Waals surface area (Å²) in [6, 6.07) is 0. The molecule has 6 heteroatoms. The van der Waals surface area contributed by atoms with Crippen molar-refractivity contribution in [3.8, 4) is 0 Å².